The van der Waals surface area contributed by atoms with Gasteiger partial charge in [0, 0.05) is 13.1 Å². The monoisotopic (exact) mass is 478 g/mol. The van der Waals surface area contributed by atoms with Crippen molar-refractivity contribution < 1.29 is 14.3 Å². The van der Waals surface area contributed by atoms with E-state index in [4.69, 9.17) is 4.74 Å². The van der Waals surface area contributed by atoms with E-state index in [1.165, 1.54) is 0 Å². The molecule has 2 amide bonds. The van der Waals surface area contributed by atoms with Gasteiger partial charge in [-0.3, -0.25) is 9.59 Å². The molecule has 4 rings (SSSR count). The van der Waals surface area contributed by atoms with Crippen LogP contribution in [0.15, 0.2) is 115 Å². The molecule has 0 spiro atoms. The predicted octanol–water partition coefficient (Wildman–Crippen LogP) is 5.32. The average Bonchev–Trinajstić information content (AvgIpc) is 2.93. The van der Waals surface area contributed by atoms with Crippen LogP contribution >= 0.6 is 0 Å². The van der Waals surface area contributed by atoms with Gasteiger partial charge >= 0.3 is 0 Å². The van der Waals surface area contributed by atoms with E-state index in [1.807, 2.05) is 115 Å². The molecule has 4 aromatic carbocycles. The molecule has 4 aromatic rings. The number of hydrogen-bond donors (Lipinski definition) is 1. The van der Waals surface area contributed by atoms with Crippen LogP contribution in [0.1, 0.15) is 28.3 Å². The summed E-state index contributed by atoms with van der Waals surface area (Å²) in [6.45, 7) is 0.667. The van der Waals surface area contributed by atoms with Gasteiger partial charge < -0.3 is 15.0 Å². The third-order valence-electron chi connectivity index (χ3n) is 6.02. The first-order chi connectivity index (χ1) is 17.6. The Morgan fingerprint density at radius 2 is 1.28 bits per heavy atom. The minimum absolute atomic E-state index is 0.124. The summed E-state index contributed by atoms with van der Waals surface area (Å²) in [5.41, 5.74) is 3.57. The Morgan fingerprint density at radius 1 is 0.722 bits per heavy atom. The highest BCUT2D eigenvalue weighted by molar-refractivity contribution is 5.89. The predicted molar refractivity (Wildman–Crippen MR) is 141 cm³/mol. The highest BCUT2D eigenvalue weighted by atomic mass is 16.5. The van der Waals surface area contributed by atoms with Gasteiger partial charge in [-0.25, -0.2) is 0 Å². The molecular weight excluding hydrogens is 448 g/mol. The van der Waals surface area contributed by atoms with Crippen molar-refractivity contribution in [1.82, 2.24) is 10.2 Å². The molecule has 1 N–H and O–H groups in total. The van der Waals surface area contributed by atoms with Gasteiger partial charge in [0.05, 0.1) is 13.5 Å². The van der Waals surface area contributed by atoms with Gasteiger partial charge in [-0.1, -0.05) is 103 Å². The highest BCUT2D eigenvalue weighted by Gasteiger charge is 2.31. The number of nitrogens with zero attached hydrogens (tertiary/aromatic N) is 1. The molecule has 0 radical (unpaired) electrons. The van der Waals surface area contributed by atoms with Gasteiger partial charge in [0.25, 0.3) is 0 Å². The number of carbonyl (C=O) groups excluding carboxylic acids is 2. The van der Waals surface area contributed by atoms with Crippen LogP contribution in [0, 0.1) is 0 Å². The number of carbonyl (C=O) groups is 2. The molecule has 0 fully saturated rings. The van der Waals surface area contributed by atoms with E-state index < -0.39 is 6.04 Å². The maximum atomic E-state index is 13.8. The number of benzene rings is 4. The number of rotatable bonds is 10. The number of amides is 2. The molecule has 0 saturated heterocycles. The first kappa shape index (κ1) is 24.7. The van der Waals surface area contributed by atoms with E-state index >= 15 is 0 Å². The fourth-order valence-electron chi connectivity index (χ4n) is 4.11. The summed E-state index contributed by atoms with van der Waals surface area (Å²) in [6.07, 6.45) is 0.201. The lowest BCUT2D eigenvalue weighted by atomic mass is 10.0. The van der Waals surface area contributed by atoms with Crippen LogP contribution in [-0.2, 0) is 29.1 Å². The third kappa shape index (κ3) is 6.60. The van der Waals surface area contributed by atoms with E-state index in [2.05, 4.69) is 5.32 Å². The molecule has 0 heterocycles. The average molecular weight is 479 g/mol. The van der Waals surface area contributed by atoms with Crippen molar-refractivity contribution in [2.75, 3.05) is 7.11 Å². The molecule has 5 nitrogen and oxygen atoms in total. The molecule has 0 bridgehead atoms. The van der Waals surface area contributed by atoms with Crippen LogP contribution in [0.4, 0.5) is 0 Å². The Morgan fingerprint density at radius 3 is 1.86 bits per heavy atom. The lowest BCUT2D eigenvalue weighted by Crippen LogP contribution is -2.43. The fourth-order valence-corrected chi connectivity index (χ4v) is 4.11. The van der Waals surface area contributed by atoms with Crippen LogP contribution < -0.4 is 10.1 Å². The summed E-state index contributed by atoms with van der Waals surface area (Å²) in [5, 5.41) is 3.05. The van der Waals surface area contributed by atoms with Gasteiger partial charge in [-0.05, 0) is 34.4 Å². The van der Waals surface area contributed by atoms with Crippen molar-refractivity contribution in [3.05, 3.63) is 138 Å². The quantitative estimate of drug-likeness (QED) is 0.335. The van der Waals surface area contributed by atoms with Gasteiger partial charge in [0.2, 0.25) is 11.8 Å². The zero-order valence-electron chi connectivity index (χ0n) is 20.3. The molecular formula is C31H30N2O3. The van der Waals surface area contributed by atoms with Crippen molar-refractivity contribution in [3.63, 3.8) is 0 Å². The molecule has 0 aliphatic rings. The first-order valence-corrected chi connectivity index (χ1v) is 12.0. The molecule has 182 valence electrons. The smallest absolute Gasteiger partial charge is 0.247 e. The molecule has 0 aromatic heterocycles. The summed E-state index contributed by atoms with van der Waals surface area (Å²) in [4.78, 5) is 29.1. The van der Waals surface area contributed by atoms with Gasteiger partial charge in [-0.15, -0.1) is 0 Å². The molecule has 1 atom stereocenters. The third-order valence-corrected chi connectivity index (χ3v) is 6.02. The van der Waals surface area contributed by atoms with Crippen molar-refractivity contribution in [3.8, 4) is 5.75 Å². The Labute approximate surface area is 212 Å². The number of nitrogens with one attached hydrogen (secondary N) is 1. The normalized spacial score (nSPS) is 11.4. The van der Waals surface area contributed by atoms with E-state index in [9.17, 15) is 9.59 Å². The van der Waals surface area contributed by atoms with E-state index in [1.54, 1.807) is 12.0 Å². The van der Waals surface area contributed by atoms with E-state index in [-0.39, 0.29) is 24.8 Å². The second kappa shape index (κ2) is 12.4. The van der Waals surface area contributed by atoms with Crippen molar-refractivity contribution >= 4 is 11.8 Å². The largest absolute Gasteiger partial charge is 0.497 e. The molecule has 0 aliphatic heterocycles. The SMILES string of the molecule is COc1ccc(CN(C(=O)Cc2ccccc2)C(C(=O)NCc2ccccc2)c2ccccc2)cc1. The summed E-state index contributed by atoms with van der Waals surface area (Å²) in [5.74, 6) is 0.391. The molecule has 1 unspecified atom stereocenters. The zero-order chi connectivity index (χ0) is 25.2. The zero-order valence-corrected chi connectivity index (χ0v) is 20.3. The minimum Gasteiger partial charge on any atom is -0.497 e. The van der Waals surface area contributed by atoms with Crippen LogP contribution in [0.25, 0.3) is 0 Å². The lowest BCUT2D eigenvalue weighted by molar-refractivity contribution is -0.141. The van der Waals surface area contributed by atoms with Gasteiger partial charge in [0.15, 0.2) is 0 Å². The molecule has 5 heteroatoms. The van der Waals surface area contributed by atoms with Gasteiger partial charge in [0.1, 0.15) is 11.8 Å². The Hall–Kier alpha value is -4.38. The summed E-state index contributed by atoms with van der Waals surface area (Å²) >= 11 is 0. The Balaban J connectivity index is 1.66. The summed E-state index contributed by atoms with van der Waals surface area (Å²) in [7, 11) is 1.62. The molecule has 0 aliphatic carbocycles. The maximum absolute atomic E-state index is 13.8. The Bertz CT molecular complexity index is 1240. The van der Waals surface area contributed by atoms with Gasteiger partial charge in [-0.2, -0.15) is 0 Å². The summed E-state index contributed by atoms with van der Waals surface area (Å²) < 4.78 is 5.28. The second-order valence-electron chi connectivity index (χ2n) is 8.55. The van der Waals surface area contributed by atoms with Crippen molar-refractivity contribution in [2.24, 2.45) is 0 Å². The minimum atomic E-state index is -0.784. The highest BCUT2D eigenvalue weighted by Crippen LogP contribution is 2.26. The number of ether oxygens (including phenoxy) is 1. The van der Waals surface area contributed by atoms with Crippen molar-refractivity contribution in [1.29, 1.82) is 0 Å². The Kier molecular flexibility index (Phi) is 8.49. The number of methoxy groups -OCH3 is 1. The van der Waals surface area contributed by atoms with Crippen LogP contribution in [0.5, 0.6) is 5.75 Å². The van der Waals surface area contributed by atoms with Crippen LogP contribution in [-0.4, -0.2) is 23.8 Å². The fraction of sp³-hybridized carbons (Fsp3) is 0.161. The van der Waals surface area contributed by atoms with Crippen LogP contribution in [0.2, 0.25) is 0 Å². The summed E-state index contributed by atoms with van der Waals surface area (Å²) in [6, 6.07) is 35.6. The van der Waals surface area contributed by atoms with E-state index in [0.29, 0.717) is 6.54 Å². The van der Waals surface area contributed by atoms with E-state index in [0.717, 1.165) is 28.0 Å². The van der Waals surface area contributed by atoms with Crippen LogP contribution in [0.3, 0.4) is 0 Å². The topological polar surface area (TPSA) is 58.6 Å². The standard InChI is InChI=1S/C31H30N2O3/c1-36-28-19-17-26(18-20-28)23-33(29(34)21-24-11-5-2-6-12-24)30(27-15-9-4-10-16-27)31(35)32-22-25-13-7-3-8-14-25/h2-20,30H,21-23H2,1H3,(H,32,35). The van der Waals surface area contributed by atoms with Crippen molar-refractivity contribution in [2.45, 2.75) is 25.6 Å². The lowest BCUT2D eigenvalue weighted by Gasteiger charge is -2.32. The second-order valence-corrected chi connectivity index (χ2v) is 8.55. The maximum Gasteiger partial charge on any atom is 0.247 e. The molecule has 36 heavy (non-hydrogen) atoms. The first-order valence-electron chi connectivity index (χ1n) is 12.0. The molecule has 0 saturated carbocycles. The number of hydrogen-bond acceptors (Lipinski definition) is 3.